The lowest BCUT2D eigenvalue weighted by molar-refractivity contribution is -0.139. The van der Waals surface area contributed by atoms with Gasteiger partial charge in [-0.05, 0) is 61.6 Å². The first-order chi connectivity index (χ1) is 19.6. The number of carbonyl (C=O) groups is 2. The van der Waals surface area contributed by atoms with Crippen LogP contribution in [0.1, 0.15) is 44.7 Å². The van der Waals surface area contributed by atoms with Crippen LogP contribution < -0.4 is 14.4 Å². The summed E-state index contributed by atoms with van der Waals surface area (Å²) in [6.07, 6.45) is 2.76. The van der Waals surface area contributed by atoms with Crippen molar-refractivity contribution >= 4 is 27.5 Å². The zero-order valence-corrected chi connectivity index (χ0v) is 25.1. The van der Waals surface area contributed by atoms with E-state index in [0.29, 0.717) is 30.9 Å². The van der Waals surface area contributed by atoms with Crippen molar-refractivity contribution in [2.24, 2.45) is 0 Å². The second kappa shape index (κ2) is 15.2. The van der Waals surface area contributed by atoms with Crippen molar-refractivity contribution in [1.82, 2.24) is 10.2 Å². The number of amides is 2. The first-order valence-electron chi connectivity index (χ1n) is 14.0. The predicted octanol–water partition coefficient (Wildman–Crippen LogP) is 4.80. The van der Waals surface area contributed by atoms with E-state index in [-0.39, 0.29) is 18.5 Å². The molecule has 0 spiro atoms. The maximum atomic E-state index is 13.8. The normalized spacial score (nSPS) is 12.7. The molecular formula is C32H41N3O5S. The molecule has 220 valence electrons. The van der Waals surface area contributed by atoms with Gasteiger partial charge < -0.3 is 15.0 Å². The van der Waals surface area contributed by atoms with Gasteiger partial charge >= 0.3 is 0 Å². The van der Waals surface area contributed by atoms with Crippen molar-refractivity contribution in [2.75, 3.05) is 23.7 Å². The number of hydrogen-bond acceptors (Lipinski definition) is 5. The summed E-state index contributed by atoms with van der Waals surface area (Å²) in [4.78, 5) is 28.5. The van der Waals surface area contributed by atoms with Crippen LogP contribution >= 0.6 is 0 Å². The lowest BCUT2D eigenvalue weighted by Crippen LogP contribution is -2.54. The standard InChI is InChI=1S/C32H41N3O5S/c1-5-25(3)33-32(37)30(6-2)34(22-21-26-13-9-7-10-14-26)31(36)23-35(41(4,38)39)28-17-19-29(20-18-28)40-24-27-15-11-8-12-16-27/h7-20,25,30H,5-6,21-24H2,1-4H3,(H,33,37)/t25-,30-/m0/s1. The summed E-state index contributed by atoms with van der Waals surface area (Å²) in [5.74, 6) is -0.106. The van der Waals surface area contributed by atoms with Gasteiger partial charge in [0.2, 0.25) is 21.8 Å². The smallest absolute Gasteiger partial charge is 0.244 e. The third-order valence-electron chi connectivity index (χ3n) is 6.92. The van der Waals surface area contributed by atoms with E-state index in [1.165, 1.54) is 4.90 Å². The zero-order chi connectivity index (χ0) is 29.8. The maximum absolute atomic E-state index is 13.8. The molecule has 9 heteroatoms. The molecule has 0 aliphatic heterocycles. The Kier molecular flexibility index (Phi) is 11.8. The highest BCUT2D eigenvalue weighted by Gasteiger charge is 2.31. The average Bonchev–Trinajstić information content (AvgIpc) is 2.97. The highest BCUT2D eigenvalue weighted by atomic mass is 32.2. The van der Waals surface area contributed by atoms with Crippen molar-refractivity contribution in [2.45, 2.75) is 58.7 Å². The van der Waals surface area contributed by atoms with E-state index in [0.717, 1.165) is 28.1 Å². The monoisotopic (exact) mass is 579 g/mol. The van der Waals surface area contributed by atoms with Gasteiger partial charge in [0.15, 0.2) is 0 Å². The number of rotatable bonds is 15. The molecule has 2 amide bonds. The fourth-order valence-electron chi connectivity index (χ4n) is 4.40. The molecule has 0 saturated carbocycles. The van der Waals surface area contributed by atoms with E-state index >= 15 is 0 Å². The number of nitrogens with zero attached hydrogens (tertiary/aromatic N) is 2. The Morgan fingerprint density at radius 3 is 1.98 bits per heavy atom. The molecule has 0 aromatic heterocycles. The van der Waals surface area contributed by atoms with E-state index in [9.17, 15) is 18.0 Å². The van der Waals surface area contributed by atoms with Gasteiger partial charge in [-0.25, -0.2) is 8.42 Å². The Morgan fingerprint density at radius 2 is 1.44 bits per heavy atom. The van der Waals surface area contributed by atoms with Crippen molar-refractivity contribution in [3.8, 4) is 5.75 Å². The van der Waals surface area contributed by atoms with Crippen LogP contribution in [0.15, 0.2) is 84.9 Å². The number of benzene rings is 3. The first kappa shape index (κ1) is 31.7. The van der Waals surface area contributed by atoms with Crippen LogP contribution in [0.5, 0.6) is 5.75 Å². The molecule has 8 nitrogen and oxygen atoms in total. The molecule has 0 heterocycles. The van der Waals surface area contributed by atoms with Gasteiger partial charge in [0, 0.05) is 12.6 Å². The van der Waals surface area contributed by atoms with Gasteiger partial charge in [-0.1, -0.05) is 74.5 Å². The largest absolute Gasteiger partial charge is 0.489 e. The Morgan fingerprint density at radius 1 is 0.854 bits per heavy atom. The van der Waals surface area contributed by atoms with E-state index in [1.54, 1.807) is 24.3 Å². The fraction of sp³-hybridized carbons (Fsp3) is 0.375. The molecule has 0 aliphatic rings. The number of hydrogen-bond donors (Lipinski definition) is 1. The van der Waals surface area contributed by atoms with E-state index < -0.39 is 28.5 Å². The quantitative estimate of drug-likeness (QED) is 0.279. The third kappa shape index (κ3) is 9.63. The summed E-state index contributed by atoms with van der Waals surface area (Å²) < 4.78 is 32.6. The Balaban J connectivity index is 1.81. The average molecular weight is 580 g/mol. The van der Waals surface area contributed by atoms with Crippen LogP contribution in [0.25, 0.3) is 0 Å². The molecule has 3 aromatic carbocycles. The minimum absolute atomic E-state index is 0.0437. The van der Waals surface area contributed by atoms with E-state index in [2.05, 4.69) is 5.32 Å². The van der Waals surface area contributed by atoms with Gasteiger partial charge in [0.05, 0.1) is 11.9 Å². The van der Waals surface area contributed by atoms with Gasteiger partial charge in [-0.2, -0.15) is 0 Å². The van der Waals surface area contributed by atoms with Crippen LogP contribution in [0, 0.1) is 0 Å². The van der Waals surface area contributed by atoms with E-state index in [4.69, 9.17) is 4.74 Å². The number of carbonyl (C=O) groups excluding carboxylic acids is 2. The minimum Gasteiger partial charge on any atom is -0.489 e. The van der Waals surface area contributed by atoms with Crippen LogP contribution in [-0.4, -0.2) is 56.6 Å². The van der Waals surface area contributed by atoms with Crippen molar-refractivity contribution in [3.63, 3.8) is 0 Å². The molecule has 3 aromatic rings. The minimum atomic E-state index is -3.81. The van der Waals surface area contributed by atoms with Gasteiger partial charge in [0.25, 0.3) is 0 Å². The topological polar surface area (TPSA) is 96.0 Å². The summed E-state index contributed by atoms with van der Waals surface area (Å²) >= 11 is 0. The number of ether oxygens (including phenoxy) is 1. The van der Waals surface area contributed by atoms with Gasteiger partial charge in [-0.15, -0.1) is 0 Å². The lowest BCUT2D eigenvalue weighted by Gasteiger charge is -2.33. The molecule has 0 unspecified atom stereocenters. The number of nitrogens with one attached hydrogen (secondary N) is 1. The summed E-state index contributed by atoms with van der Waals surface area (Å²) in [6.45, 7) is 5.98. The van der Waals surface area contributed by atoms with Crippen molar-refractivity contribution in [3.05, 3.63) is 96.1 Å². The highest BCUT2D eigenvalue weighted by Crippen LogP contribution is 2.23. The Labute approximate surface area is 244 Å². The highest BCUT2D eigenvalue weighted by molar-refractivity contribution is 7.92. The van der Waals surface area contributed by atoms with E-state index in [1.807, 2.05) is 81.4 Å². The summed E-state index contributed by atoms with van der Waals surface area (Å²) in [6, 6.07) is 25.3. The molecule has 3 rings (SSSR count). The molecular weight excluding hydrogens is 538 g/mol. The maximum Gasteiger partial charge on any atom is 0.244 e. The summed E-state index contributed by atoms with van der Waals surface area (Å²) in [7, 11) is -3.81. The lowest BCUT2D eigenvalue weighted by atomic mass is 10.1. The van der Waals surface area contributed by atoms with Gasteiger partial charge in [0.1, 0.15) is 24.9 Å². The molecule has 41 heavy (non-hydrogen) atoms. The fourth-order valence-corrected chi connectivity index (χ4v) is 5.25. The first-order valence-corrected chi connectivity index (χ1v) is 15.9. The third-order valence-corrected chi connectivity index (χ3v) is 8.06. The Bertz CT molecular complexity index is 1350. The second-order valence-corrected chi connectivity index (χ2v) is 12.0. The van der Waals surface area contributed by atoms with Crippen LogP contribution in [0.4, 0.5) is 5.69 Å². The molecule has 0 radical (unpaired) electrons. The number of sulfonamides is 1. The van der Waals surface area contributed by atoms with Crippen LogP contribution in [-0.2, 0) is 32.6 Å². The molecule has 0 aliphatic carbocycles. The molecule has 2 atom stereocenters. The van der Waals surface area contributed by atoms with Crippen LogP contribution in [0.3, 0.4) is 0 Å². The summed E-state index contributed by atoms with van der Waals surface area (Å²) in [5.41, 5.74) is 2.37. The molecule has 0 fully saturated rings. The second-order valence-electron chi connectivity index (χ2n) is 10.1. The zero-order valence-electron chi connectivity index (χ0n) is 24.3. The molecule has 1 N–H and O–H groups in total. The SMILES string of the molecule is CC[C@H](C)NC(=O)[C@H](CC)N(CCc1ccccc1)C(=O)CN(c1ccc(OCc2ccccc2)cc1)S(C)(=O)=O. The predicted molar refractivity (Wildman–Crippen MR) is 163 cm³/mol. The summed E-state index contributed by atoms with van der Waals surface area (Å²) in [5, 5.41) is 2.98. The van der Waals surface area contributed by atoms with Crippen molar-refractivity contribution in [1.29, 1.82) is 0 Å². The van der Waals surface area contributed by atoms with Crippen molar-refractivity contribution < 1.29 is 22.7 Å². The van der Waals surface area contributed by atoms with Gasteiger partial charge in [-0.3, -0.25) is 13.9 Å². The van der Waals surface area contributed by atoms with Crippen LogP contribution in [0.2, 0.25) is 0 Å². The molecule has 0 saturated heterocycles. The molecule has 0 bridgehead atoms. The number of anilines is 1. The Hall–Kier alpha value is -3.85.